The first kappa shape index (κ1) is 13.8. The lowest BCUT2D eigenvalue weighted by Crippen LogP contribution is -2.61. The van der Waals surface area contributed by atoms with Crippen molar-refractivity contribution in [2.45, 2.75) is 25.3 Å². The maximum absolute atomic E-state index is 11.8. The second-order valence-electron chi connectivity index (χ2n) is 4.64. The van der Waals surface area contributed by atoms with Gasteiger partial charge in [0.1, 0.15) is 5.54 Å². The van der Waals surface area contributed by atoms with Gasteiger partial charge in [-0.2, -0.15) is 0 Å². The van der Waals surface area contributed by atoms with Crippen LogP contribution in [-0.4, -0.2) is 61.0 Å². The summed E-state index contributed by atoms with van der Waals surface area (Å²) in [6.45, 7) is 3.77. The van der Waals surface area contributed by atoms with E-state index in [-0.39, 0.29) is 11.9 Å². The zero-order valence-electron chi connectivity index (χ0n) is 10.8. The number of nitrogens with zero attached hydrogens (tertiary/aromatic N) is 2. The van der Waals surface area contributed by atoms with E-state index in [1.807, 2.05) is 6.92 Å². The summed E-state index contributed by atoms with van der Waals surface area (Å²) < 4.78 is 0. The Hall–Kier alpha value is -1.30. The number of likely N-dealkylation sites (tertiary alicyclic amines) is 1. The molecule has 1 aliphatic rings. The van der Waals surface area contributed by atoms with Crippen LogP contribution in [0.5, 0.6) is 0 Å². The Morgan fingerprint density at radius 1 is 1.35 bits per heavy atom. The molecule has 3 amide bonds. The molecule has 0 aromatic carbocycles. The van der Waals surface area contributed by atoms with E-state index < -0.39 is 5.54 Å². The van der Waals surface area contributed by atoms with Crippen molar-refractivity contribution in [2.24, 2.45) is 5.73 Å². The standard InChI is InChI=1S/C11H22N4O2/c1-4-13-11(9(12)16)5-7-15(8-6-11)10(17)14(2)3/h13H,4-8H2,1-3H3,(H2,12,16). The summed E-state index contributed by atoms with van der Waals surface area (Å²) in [5.41, 5.74) is 4.81. The van der Waals surface area contributed by atoms with Gasteiger partial charge >= 0.3 is 6.03 Å². The summed E-state index contributed by atoms with van der Waals surface area (Å²) in [6, 6.07) is -0.0143. The van der Waals surface area contributed by atoms with Crippen LogP contribution in [0.4, 0.5) is 4.79 Å². The number of hydrogen-bond donors (Lipinski definition) is 2. The van der Waals surface area contributed by atoms with Gasteiger partial charge in [0.2, 0.25) is 5.91 Å². The molecule has 1 aliphatic heterocycles. The molecule has 3 N–H and O–H groups in total. The van der Waals surface area contributed by atoms with Gasteiger partial charge in [-0.25, -0.2) is 4.79 Å². The minimum atomic E-state index is -0.641. The summed E-state index contributed by atoms with van der Waals surface area (Å²) in [4.78, 5) is 26.6. The quantitative estimate of drug-likeness (QED) is 0.706. The number of piperidine rings is 1. The third kappa shape index (κ3) is 2.88. The molecule has 17 heavy (non-hydrogen) atoms. The van der Waals surface area contributed by atoms with Crippen LogP contribution in [-0.2, 0) is 4.79 Å². The highest BCUT2D eigenvalue weighted by Crippen LogP contribution is 2.22. The van der Waals surface area contributed by atoms with Crippen molar-refractivity contribution < 1.29 is 9.59 Å². The van der Waals surface area contributed by atoms with Crippen molar-refractivity contribution in [3.8, 4) is 0 Å². The lowest BCUT2D eigenvalue weighted by atomic mass is 9.86. The number of primary amides is 1. The first-order valence-electron chi connectivity index (χ1n) is 5.94. The highest BCUT2D eigenvalue weighted by Gasteiger charge is 2.40. The van der Waals surface area contributed by atoms with Crippen molar-refractivity contribution in [1.82, 2.24) is 15.1 Å². The van der Waals surface area contributed by atoms with E-state index in [0.717, 1.165) is 0 Å². The second kappa shape index (κ2) is 5.35. The predicted molar refractivity (Wildman–Crippen MR) is 65.5 cm³/mol. The lowest BCUT2D eigenvalue weighted by molar-refractivity contribution is -0.126. The normalized spacial score (nSPS) is 18.9. The monoisotopic (exact) mass is 242 g/mol. The van der Waals surface area contributed by atoms with Gasteiger partial charge in [0.25, 0.3) is 0 Å². The Morgan fingerprint density at radius 2 is 1.88 bits per heavy atom. The molecular formula is C11H22N4O2. The third-order valence-corrected chi connectivity index (χ3v) is 3.26. The fourth-order valence-electron chi connectivity index (χ4n) is 2.21. The van der Waals surface area contributed by atoms with Crippen molar-refractivity contribution >= 4 is 11.9 Å². The number of urea groups is 1. The van der Waals surface area contributed by atoms with Gasteiger partial charge in [-0.15, -0.1) is 0 Å². The molecule has 0 atom stereocenters. The fraction of sp³-hybridized carbons (Fsp3) is 0.818. The number of amides is 3. The topological polar surface area (TPSA) is 78.7 Å². The van der Waals surface area contributed by atoms with Crippen LogP contribution >= 0.6 is 0 Å². The molecule has 1 saturated heterocycles. The summed E-state index contributed by atoms with van der Waals surface area (Å²) in [6.07, 6.45) is 1.16. The van der Waals surface area contributed by atoms with Gasteiger partial charge < -0.3 is 20.9 Å². The SMILES string of the molecule is CCNC1(C(N)=O)CCN(C(=O)N(C)C)CC1. The number of nitrogens with two attached hydrogens (primary N) is 1. The molecule has 98 valence electrons. The third-order valence-electron chi connectivity index (χ3n) is 3.26. The van der Waals surface area contributed by atoms with Crippen molar-refractivity contribution in [3.63, 3.8) is 0 Å². The number of rotatable bonds is 3. The molecule has 0 aliphatic carbocycles. The molecule has 6 nitrogen and oxygen atoms in total. The van der Waals surface area contributed by atoms with Crippen LogP contribution in [0.1, 0.15) is 19.8 Å². The number of hydrogen-bond acceptors (Lipinski definition) is 3. The van der Waals surface area contributed by atoms with Crippen LogP contribution in [0.25, 0.3) is 0 Å². The molecule has 0 radical (unpaired) electrons. The maximum Gasteiger partial charge on any atom is 0.319 e. The molecule has 0 saturated carbocycles. The largest absolute Gasteiger partial charge is 0.368 e. The number of likely N-dealkylation sites (N-methyl/N-ethyl adjacent to an activating group) is 1. The molecule has 0 spiro atoms. The molecule has 6 heteroatoms. The number of carbonyl (C=O) groups excluding carboxylic acids is 2. The minimum Gasteiger partial charge on any atom is -0.368 e. The predicted octanol–water partition coefficient (Wildman–Crippen LogP) is -0.403. The van der Waals surface area contributed by atoms with Crippen molar-refractivity contribution in [3.05, 3.63) is 0 Å². The van der Waals surface area contributed by atoms with E-state index in [4.69, 9.17) is 5.73 Å². The first-order chi connectivity index (χ1) is 7.93. The molecule has 1 rings (SSSR count). The Bertz CT molecular complexity index is 296. The van der Waals surface area contributed by atoms with E-state index in [1.54, 1.807) is 23.9 Å². The highest BCUT2D eigenvalue weighted by atomic mass is 16.2. The van der Waals surface area contributed by atoms with Crippen LogP contribution in [0.15, 0.2) is 0 Å². The Balaban J connectivity index is 2.65. The van der Waals surface area contributed by atoms with Crippen LogP contribution in [0.2, 0.25) is 0 Å². The molecular weight excluding hydrogens is 220 g/mol. The van der Waals surface area contributed by atoms with Crippen LogP contribution < -0.4 is 11.1 Å². The van der Waals surface area contributed by atoms with Gasteiger partial charge in [0.15, 0.2) is 0 Å². The Labute approximate surface area is 102 Å². The Morgan fingerprint density at radius 3 is 2.24 bits per heavy atom. The molecule has 0 unspecified atom stereocenters. The van der Waals surface area contributed by atoms with Gasteiger partial charge in [-0.1, -0.05) is 6.92 Å². The smallest absolute Gasteiger partial charge is 0.319 e. The van der Waals surface area contributed by atoms with Crippen LogP contribution in [0.3, 0.4) is 0 Å². The Kier molecular flexibility index (Phi) is 4.34. The van der Waals surface area contributed by atoms with E-state index in [2.05, 4.69) is 5.32 Å². The zero-order chi connectivity index (χ0) is 13.1. The van der Waals surface area contributed by atoms with E-state index >= 15 is 0 Å². The van der Waals surface area contributed by atoms with E-state index in [9.17, 15) is 9.59 Å². The summed E-state index contributed by atoms with van der Waals surface area (Å²) in [5, 5.41) is 3.16. The van der Waals surface area contributed by atoms with E-state index in [1.165, 1.54) is 0 Å². The number of nitrogens with one attached hydrogen (secondary N) is 1. The summed E-state index contributed by atoms with van der Waals surface area (Å²) >= 11 is 0. The van der Waals surface area contributed by atoms with Gasteiger partial charge in [0.05, 0.1) is 0 Å². The van der Waals surface area contributed by atoms with Gasteiger partial charge in [-0.05, 0) is 19.4 Å². The molecule has 1 heterocycles. The molecule has 1 fully saturated rings. The average Bonchev–Trinajstić information content (AvgIpc) is 2.29. The number of carbonyl (C=O) groups is 2. The van der Waals surface area contributed by atoms with Crippen LogP contribution in [0, 0.1) is 0 Å². The molecule has 0 aromatic heterocycles. The fourth-order valence-corrected chi connectivity index (χ4v) is 2.21. The second-order valence-corrected chi connectivity index (χ2v) is 4.64. The van der Waals surface area contributed by atoms with Gasteiger partial charge in [0, 0.05) is 27.2 Å². The van der Waals surface area contributed by atoms with Crippen molar-refractivity contribution in [2.75, 3.05) is 33.7 Å². The highest BCUT2D eigenvalue weighted by molar-refractivity contribution is 5.85. The zero-order valence-corrected chi connectivity index (χ0v) is 10.8. The minimum absolute atomic E-state index is 0.0143. The summed E-state index contributed by atoms with van der Waals surface area (Å²) in [5.74, 6) is -0.323. The lowest BCUT2D eigenvalue weighted by Gasteiger charge is -2.40. The molecule has 0 aromatic rings. The molecule has 0 bridgehead atoms. The average molecular weight is 242 g/mol. The summed E-state index contributed by atoms with van der Waals surface area (Å²) in [7, 11) is 3.45. The van der Waals surface area contributed by atoms with Crippen molar-refractivity contribution in [1.29, 1.82) is 0 Å². The van der Waals surface area contributed by atoms with E-state index in [0.29, 0.717) is 32.5 Å². The first-order valence-corrected chi connectivity index (χ1v) is 5.94. The maximum atomic E-state index is 11.8. The van der Waals surface area contributed by atoms with Gasteiger partial charge in [-0.3, -0.25) is 4.79 Å².